The van der Waals surface area contributed by atoms with E-state index in [4.69, 9.17) is 0 Å². The average Bonchev–Trinajstić information content (AvgIpc) is 2.32. The molecule has 0 unspecified atom stereocenters. The molecule has 2 rings (SSSR count). The molecule has 1 saturated carbocycles. The van der Waals surface area contributed by atoms with Gasteiger partial charge < -0.3 is 10.0 Å². The highest BCUT2D eigenvalue weighted by molar-refractivity contribution is 5.26. The van der Waals surface area contributed by atoms with Gasteiger partial charge in [0.1, 0.15) is 5.82 Å². The van der Waals surface area contributed by atoms with Gasteiger partial charge in [0.05, 0.1) is 5.56 Å². The maximum Gasteiger partial charge on any atom is 0.419 e. The highest BCUT2D eigenvalue weighted by Crippen LogP contribution is 2.41. The molecule has 0 aliphatic heterocycles. The van der Waals surface area contributed by atoms with E-state index in [9.17, 15) is 22.7 Å². The van der Waals surface area contributed by atoms with Crippen molar-refractivity contribution in [2.45, 2.75) is 32.0 Å². The van der Waals surface area contributed by atoms with Crippen molar-refractivity contribution in [3.63, 3.8) is 0 Å². The second-order valence-electron chi connectivity index (χ2n) is 6.00. The first-order chi connectivity index (χ1) is 9.76. The van der Waals surface area contributed by atoms with Crippen molar-refractivity contribution in [2.75, 3.05) is 20.2 Å². The molecule has 1 aromatic rings. The SMILES string of the molecule is CN(Cc1ccc(C(F)(F)F)c(F)c1)CC1(CO)CCC1. The summed E-state index contributed by atoms with van der Waals surface area (Å²) in [7, 11) is 1.82. The van der Waals surface area contributed by atoms with Gasteiger partial charge in [-0.2, -0.15) is 13.2 Å². The van der Waals surface area contributed by atoms with Crippen molar-refractivity contribution in [3.8, 4) is 0 Å². The number of hydrogen-bond donors (Lipinski definition) is 1. The molecule has 1 aromatic carbocycles. The van der Waals surface area contributed by atoms with E-state index in [2.05, 4.69) is 0 Å². The van der Waals surface area contributed by atoms with Gasteiger partial charge in [0.25, 0.3) is 0 Å². The Morgan fingerprint density at radius 2 is 1.95 bits per heavy atom. The van der Waals surface area contributed by atoms with Crippen molar-refractivity contribution in [2.24, 2.45) is 5.41 Å². The summed E-state index contributed by atoms with van der Waals surface area (Å²) in [6, 6.07) is 3.02. The minimum absolute atomic E-state index is 0.0980. The smallest absolute Gasteiger partial charge is 0.396 e. The lowest BCUT2D eigenvalue weighted by atomic mass is 9.69. The number of aliphatic hydroxyl groups excluding tert-OH is 1. The molecule has 0 aromatic heterocycles. The van der Waals surface area contributed by atoms with Gasteiger partial charge in [-0.05, 0) is 37.6 Å². The van der Waals surface area contributed by atoms with E-state index in [0.717, 1.165) is 31.4 Å². The highest BCUT2D eigenvalue weighted by atomic mass is 19.4. The van der Waals surface area contributed by atoms with Gasteiger partial charge in [-0.25, -0.2) is 4.39 Å². The van der Waals surface area contributed by atoms with Crippen molar-refractivity contribution >= 4 is 0 Å². The first-order valence-electron chi connectivity index (χ1n) is 6.91. The fourth-order valence-electron chi connectivity index (χ4n) is 2.87. The fraction of sp³-hybridized carbons (Fsp3) is 0.600. The molecule has 1 aliphatic carbocycles. The van der Waals surface area contributed by atoms with Crippen LogP contribution in [-0.2, 0) is 12.7 Å². The summed E-state index contributed by atoms with van der Waals surface area (Å²) in [5.41, 5.74) is -0.839. The van der Waals surface area contributed by atoms with Crippen molar-refractivity contribution < 1.29 is 22.7 Å². The standard InChI is InChI=1S/C15H19F4NO/c1-20(9-14(10-21)5-2-6-14)8-11-3-4-12(13(16)7-11)15(17,18)19/h3-4,7,21H,2,5-6,8-10H2,1H3. The molecule has 21 heavy (non-hydrogen) atoms. The van der Waals surface area contributed by atoms with Gasteiger partial charge >= 0.3 is 6.18 Å². The first kappa shape index (κ1) is 16.2. The van der Waals surface area contributed by atoms with Gasteiger partial charge in [0, 0.05) is 25.1 Å². The summed E-state index contributed by atoms with van der Waals surface area (Å²) in [5.74, 6) is -1.24. The van der Waals surface area contributed by atoms with E-state index in [0.29, 0.717) is 18.7 Å². The van der Waals surface area contributed by atoms with E-state index in [-0.39, 0.29) is 12.0 Å². The van der Waals surface area contributed by atoms with Crippen molar-refractivity contribution in [3.05, 3.63) is 35.1 Å². The quantitative estimate of drug-likeness (QED) is 0.842. The molecule has 1 aliphatic rings. The lowest BCUT2D eigenvalue weighted by Crippen LogP contribution is -2.43. The molecule has 0 bridgehead atoms. The Balaban J connectivity index is 2.01. The average molecular weight is 305 g/mol. The van der Waals surface area contributed by atoms with Gasteiger partial charge in [0.2, 0.25) is 0 Å². The van der Waals surface area contributed by atoms with Crippen LogP contribution in [-0.4, -0.2) is 30.2 Å². The molecule has 0 atom stereocenters. The van der Waals surface area contributed by atoms with E-state index in [1.165, 1.54) is 6.07 Å². The predicted molar refractivity (Wildman–Crippen MR) is 71.1 cm³/mol. The van der Waals surface area contributed by atoms with E-state index < -0.39 is 17.6 Å². The number of alkyl halides is 3. The lowest BCUT2D eigenvalue weighted by molar-refractivity contribution is -0.140. The molecule has 118 valence electrons. The van der Waals surface area contributed by atoms with Crippen LogP contribution in [0.3, 0.4) is 0 Å². The molecular formula is C15H19F4NO. The number of aliphatic hydroxyl groups is 1. The zero-order chi connectivity index (χ0) is 15.7. The maximum atomic E-state index is 13.5. The van der Waals surface area contributed by atoms with Crippen LogP contribution in [0.2, 0.25) is 0 Å². The minimum Gasteiger partial charge on any atom is -0.396 e. The Kier molecular flexibility index (Phi) is 4.58. The largest absolute Gasteiger partial charge is 0.419 e. The summed E-state index contributed by atoms with van der Waals surface area (Å²) in [6.45, 7) is 1.13. The second-order valence-corrected chi connectivity index (χ2v) is 6.00. The first-order valence-corrected chi connectivity index (χ1v) is 6.91. The van der Waals surface area contributed by atoms with Crippen molar-refractivity contribution in [1.82, 2.24) is 4.90 Å². The van der Waals surface area contributed by atoms with Crippen LogP contribution in [0, 0.1) is 11.2 Å². The molecule has 0 amide bonds. The summed E-state index contributed by atoms with van der Waals surface area (Å²) in [5, 5.41) is 9.41. The van der Waals surface area contributed by atoms with Crippen LogP contribution in [0.5, 0.6) is 0 Å². The summed E-state index contributed by atoms with van der Waals surface area (Å²) in [4.78, 5) is 1.91. The number of rotatable bonds is 5. The van der Waals surface area contributed by atoms with Gasteiger partial charge in [-0.3, -0.25) is 0 Å². The zero-order valence-electron chi connectivity index (χ0n) is 11.9. The lowest BCUT2D eigenvalue weighted by Gasteiger charge is -2.43. The molecule has 0 heterocycles. The van der Waals surface area contributed by atoms with Crippen LogP contribution in [0.4, 0.5) is 17.6 Å². The van der Waals surface area contributed by atoms with Crippen molar-refractivity contribution in [1.29, 1.82) is 0 Å². The Morgan fingerprint density at radius 1 is 1.29 bits per heavy atom. The minimum atomic E-state index is -4.67. The predicted octanol–water partition coefficient (Wildman–Crippen LogP) is 3.44. The van der Waals surface area contributed by atoms with E-state index in [1.807, 2.05) is 11.9 Å². The molecule has 1 fully saturated rings. The number of halogens is 4. The molecule has 1 N–H and O–H groups in total. The third-order valence-corrected chi connectivity index (χ3v) is 4.15. The second kappa shape index (κ2) is 5.93. The van der Waals surface area contributed by atoms with Crippen LogP contribution >= 0.6 is 0 Å². The van der Waals surface area contributed by atoms with Crippen LogP contribution < -0.4 is 0 Å². The van der Waals surface area contributed by atoms with E-state index in [1.54, 1.807) is 0 Å². The molecular weight excluding hydrogens is 286 g/mol. The van der Waals surface area contributed by atoms with Gasteiger partial charge in [0.15, 0.2) is 0 Å². The number of nitrogens with zero attached hydrogens (tertiary/aromatic N) is 1. The number of hydrogen-bond acceptors (Lipinski definition) is 2. The fourth-order valence-corrected chi connectivity index (χ4v) is 2.87. The van der Waals surface area contributed by atoms with Crippen LogP contribution in [0.15, 0.2) is 18.2 Å². The monoisotopic (exact) mass is 305 g/mol. The molecule has 0 saturated heterocycles. The normalized spacial score (nSPS) is 17.9. The molecule has 6 heteroatoms. The Labute approximate surface area is 121 Å². The third kappa shape index (κ3) is 3.74. The molecule has 0 radical (unpaired) electrons. The summed E-state index contributed by atoms with van der Waals surface area (Å²) in [6.07, 6.45) is -1.67. The molecule has 0 spiro atoms. The van der Waals surface area contributed by atoms with Gasteiger partial charge in [-0.15, -0.1) is 0 Å². The molecule has 2 nitrogen and oxygen atoms in total. The topological polar surface area (TPSA) is 23.5 Å². The van der Waals surface area contributed by atoms with Crippen LogP contribution in [0.1, 0.15) is 30.4 Å². The Morgan fingerprint density at radius 3 is 2.38 bits per heavy atom. The van der Waals surface area contributed by atoms with E-state index >= 15 is 0 Å². The summed E-state index contributed by atoms with van der Waals surface area (Å²) < 4.78 is 51.0. The summed E-state index contributed by atoms with van der Waals surface area (Å²) >= 11 is 0. The Hall–Kier alpha value is -1.14. The third-order valence-electron chi connectivity index (χ3n) is 4.15. The van der Waals surface area contributed by atoms with Crippen LogP contribution in [0.25, 0.3) is 0 Å². The Bertz CT molecular complexity index is 491. The zero-order valence-corrected chi connectivity index (χ0v) is 11.9. The maximum absolute atomic E-state index is 13.5. The van der Waals surface area contributed by atoms with Gasteiger partial charge in [-0.1, -0.05) is 12.5 Å². The number of benzene rings is 1. The highest BCUT2D eigenvalue weighted by Gasteiger charge is 2.37.